The first-order valence-electron chi connectivity index (χ1n) is 8.66. The number of rotatable bonds is 8. The maximum absolute atomic E-state index is 12.6. The van der Waals surface area contributed by atoms with Gasteiger partial charge in [-0.3, -0.25) is 9.59 Å². The predicted octanol–water partition coefficient (Wildman–Crippen LogP) is 3.69. The molecule has 0 atom stereocenters. The lowest BCUT2D eigenvalue weighted by atomic mass is 10.1. The van der Waals surface area contributed by atoms with Gasteiger partial charge in [-0.2, -0.15) is 5.26 Å². The number of nitrogens with zero attached hydrogens (tertiary/aromatic N) is 2. The van der Waals surface area contributed by atoms with Crippen molar-refractivity contribution in [3.05, 3.63) is 58.6 Å². The van der Waals surface area contributed by atoms with Gasteiger partial charge in [-0.05, 0) is 37.3 Å². The van der Waals surface area contributed by atoms with Crippen molar-refractivity contribution in [3.63, 3.8) is 0 Å². The fraction of sp³-hybridized carbons (Fsp3) is 0.286. The molecule has 0 radical (unpaired) electrons. The van der Waals surface area contributed by atoms with Gasteiger partial charge in [0.25, 0.3) is 5.91 Å². The van der Waals surface area contributed by atoms with Crippen LogP contribution in [0.3, 0.4) is 0 Å². The Morgan fingerprint density at radius 3 is 2.54 bits per heavy atom. The molecule has 28 heavy (non-hydrogen) atoms. The molecular formula is C21H21ClN2O4. The minimum Gasteiger partial charge on any atom is -0.496 e. The number of halogens is 1. The summed E-state index contributed by atoms with van der Waals surface area (Å²) in [5.41, 5.74) is 2.28. The average molecular weight is 401 g/mol. The number of aryl methyl sites for hydroxylation is 1. The summed E-state index contributed by atoms with van der Waals surface area (Å²) < 4.78 is 10.3. The van der Waals surface area contributed by atoms with E-state index in [1.54, 1.807) is 30.3 Å². The monoisotopic (exact) mass is 400 g/mol. The highest BCUT2D eigenvalue weighted by Gasteiger charge is 2.18. The number of ether oxygens (including phenoxy) is 2. The highest BCUT2D eigenvalue weighted by molar-refractivity contribution is 6.30. The van der Waals surface area contributed by atoms with Crippen LogP contribution in [0.5, 0.6) is 5.75 Å². The molecule has 7 heteroatoms. The summed E-state index contributed by atoms with van der Waals surface area (Å²) in [6, 6.07) is 14.3. The lowest BCUT2D eigenvalue weighted by molar-refractivity contribution is -0.147. The maximum atomic E-state index is 12.6. The van der Waals surface area contributed by atoms with Gasteiger partial charge < -0.3 is 14.4 Å². The largest absolute Gasteiger partial charge is 0.496 e. The molecule has 1 amide bonds. The van der Waals surface area contributed by atoms with Crippen molar-refractivity contribution in [2.24, 2.45) is 0 Å². The third kappa shape index (κ3) is 6.00. The summed E-state index contributed by atoms with van der Waals surface area (Å²) in [5.74, 6) is -0.452. The van der Waals surface area contributed by atoms with Crippen molar-refractivity contribution in [1.82, 2.24) is 0 Å². The third-order valence-corrected chi connectivity index (χ3v) is 4.26. The van der Waals surface area contributed by atoms with Gasteiger partial charge in [0.15, 0.2) is 6.61 Å². The predicted molar refractivity (Wildman–Crippen MR) is 106 cm³/mol. The molecule has 0 saturated carbocycles. The van der Waals surface area contributed by atoms with Crippen molar-refractivity contribution >= 4 is 29.2 Å². The number of carbonyl (C=O) groups is 2. The Bertz CT molecular complexity index is 875. The van der Waals surface area contributed by atoms with E-state index in [2.05, 4.69) is 0 Å². The van der Waals surface area contributed by atoms with E-state index in [1.807, 2.05) is 25.1 Å². The Hall–Kier alpha value is -3.04. The van der Waals surface area contributed by atoms with E-state index in [-0.39, 0.29) is 19.4 Å². The number of nitriles is 1. The molecule has 0 unspecified atom stereocenters. The Morgan fingerprint density at radius 2 is 1.89 bits per heavy atom. The van der Waals surface area contributed by atoms with E-state index in [0.29, 0.717) is 22.0 Å². The van der Waals surface area contributed by atoms with Crippen molar-refractivity contribution in [2.75, 3.05) is 25.2 Å². The van der Waals surface area contributed by atoms with Crippen LogP contribution in [-0.2, 0) is 20.7 Å². The van der Waals surface area contributed by atoms with E-state index in [9.17, 15) is 9.59 Å². The zero-order valence-electron chi connectivity index (χ0n) is 15.8. The van der Waals surface area contributed by atoms with Gasteiger partial charge in [-0.25, -0.2) is 0 Å². The van der Waals surface area contributed by atoms with E-state index in [4.69, 9.17) is 26.3 Å². The lowest BCUT2D eigenvalue weighted by Gasteiger charge is -2.22. The first-order chi connectivity index (χ1) is 13.4. The third-order valence-electron chi connectivity index (χ3n) is 4.03. The smallest absolute Gasteiger partial charge is 0.310 e. The molecular weight excluding hydrogens is 380 g/mol. The topological polar surface area (TPSA) is 79.6 Å². The van der Waals surface area contributed by atoms with Crippen LogP contribution in [0.25, 0.3) is 0 Å². The Kier molecular flexibility index (Phi) is 7.85. The van der Waals surface area contributed by atoms with E-state index in [0.717, 1.165) is 5.56 Å². The Morgan fingerprint density at radius 1 is 1.18 bits per heavy atom. The van der Waals surface area contributed by atoms with E-state index in [1.165, 1.54) is 12.0 Å². The van der Waals surface area contributed by atoms with Gasteiger partial charge in [-0.15, -0.1) is 0 Å². The first-order valence-corrected chi connectivity index (χ1v) is 9.04. The molecule has 0 aromatic heterocycles. The minimum atomic E-state index is -0.571. The van der Waals surface area contributed by atoms with Gasteiger partial charge in [0.05, 0.1) is 26.0 Å². The van der Waals surface area contributed by atoms with Gasteiger partial charge in [0, 0.05) is 22.8 Å². The standard InChI is InChI=1S/C21H21ClN2O4/c1-15-4-7-18(8-5-15)24(11-3-10-23)20(25)14-28-21(26)13-16-12-17(22)6-9-19(16)27-2/h4-9,12H,3,11,13-14H2,1-2H3. The van der Waals surface area contributed by atoms with Gasteiger partial charge in [-0.1, -0.05) is 29.3 Å². The van der Waals surface area contributed by atoms with Crippen molar-refractivity contribution in [1.29, 1.82) is 5.26 Å². The highest BCUT2D eigenvalue weighted by Crippen LogP contribution is 2.23. The van der Waals surface area contributed by atoms with Crippen LogP contribution in [0.15, 0.2) is 42.5 Å². The summed E-state index contributed by atoms with van der Waals surface area (Å²) in [4.78, 5) is 26.2. The second-order valence-corrected chi connectivity index (χ2v) is 6.52. The summed E-state index contributed by atoms with van der Waals surface area (Å²) in [7, 11) is 1.50. The molecule has 2 aromatic carbocycles. The first kappa shape index (κ1) is 21.3. The van der Waals surface area contributed by atoms with E-state index < -0.39 is 18.5 Å². The summed E-state index contributed by atoms with van der Waals surface area (Å²) in [6.07, 6.45) is 0.104. The number of hydrogen-bond donors (Lipinski definition) is 0. The molecule has 0 N–H and O–H groups in total. The molecule has 146 valence electrons. The summed E-state index contributed by atoms with van der Waals surface area (Å²) in [6.45, 7) is 1.75. The molecule has 2 rings (SSSR count). The van der Waals surface area contributed by atoms with Crippen LogP contribution in [0, 0.1) is 18.3 Å². The van der Waals surface area contributed by atoms with Crippen LogP contribution >= 0.6 is 11.6 Å². The molecule has 0 heterocycles. The number of benzene rings is 2. The normalized spacial score (nSPS) is 10.1. The fourth-order valence-corrected chi connectivity index (χ4v) is 2.79. The van der Waals surface area contributed by atoms with Crippen molar-refractivity contribution in [3.8, 4) is 11.8 Å². The molecule has 0 aliphatic heterocycles. The Balaban J connectivity index is 2.01. The second-order valence-electron chi connectivity index (χ2n) is 6.08. The zero-order valence-corrected chi connectivity index (χ0v) is 16.5. The molecule has 6 nitrogen and oxygen atoms in total. The molecule has 0 bridgehead atoms. The molecule has 2 aromatic rings. The molecule has 0 spiro atoms. The van der Waals surface area contributed by atoms with Gasteiger partial charge >= 0.3 is 5.97 Å². The van der Waals surface area contributed by atoms with Crippen molar-refractivity contribution in [2.45, 2.75) is 19.8 Å². The second kappa shape index (κ2) is 10.3. The van der Waals surface area contributed by atoms with Gasteiger partial charge in [0.2, 0.25) is 0 Å². The maximum Gasteiger partial charge on any atom is 0.310 e. The molecule has 0 aliphatic carbocycles. The fourth-order valence-electron chi connectivity index (χ4n) is 2.60. The van der Waals surface area contributed by atoms with Crippen LogP contribution < -0.4 is 9.64 Å². The van der Waals surface area contributed by atoms with Crippen LogP contribution in [0.1, 0.15) is 17.5 Å². The van der Waals surface area contributed by atoms with Crippen LogP contribution in [-0.4, -0.2) is 32.1 Å². The number of hydrogen-bond acceptors (Lipinski definition) is 5. The summed E-state index contributed by atoms with van der Waals surface area (Å²) in [5, 5.41) is 9.32. The molecule has 0 aliphatic rings. The number of anilines is 1. The minimum absolute atomic E-state index is 0.0697. The quantitative estimate of drug-likeness (QED) is 0.631. The molecule has 0 fully saturated rings. The molecule has 0 saturated heterocycles. The average Bonchev–Trinajstić information content (AvgIpc) is 2.68. The van der Waals surface area contributed by atoms with Crippen LogP contribution in [0.4, 0.5) is 5.69 Å². The van der Waals surface area contributed by atoms with Crippen molar-refractivity contribution < 1.29 is 19.1 Å². The summed E-state index contributed by atoms with van der Waals surface area (Å²) >= 11 is 5.96. The zero-order chi connectivity index (χ0) is 20.5. The SMILES string of the molecule is COc1ccc(Cl)cc1CC(=O)OCC(=O)N(CCC#N)c1ccc(C)cc1. The van der Waals surface area contributed by atoms with Crippen LogP contribution in [0.2, 0.25) is 5.02 Å². The number of esters is 1. The lowest BCUT2D eigenvalue weighted by Crippen LogP contribution is -2.35. The number of carbonyl (C=O) groups excluding carboxylic acids is 2. The number of amides is 1. The Labute approximate surface area is 169 Å². The number of methoxy groups -OCH3 is 1. The van der Waals surface area contributed by atoms with Gasteiger partial charge in [0.1, 0.15) is 5.75 Å². The van der Waals surface area contributed by atoms with E-state index >= 15 is 0 Å². The highest BCUT2D eigenvalue weighted by atomic mass is 35.5.